The Labute approximate surface area is 123 Å². The standard InChI is InChI=1S/C15H19N3OS/c1-2-3-4-11-5-7-12(8-6-11)17-15(19)13-10-20-14(9-16)18-13/h5-8,10H,2-4,9,16H2,1H3,(H,17,19). The Hall–Kier alpha value is -1.72. The van der Waals surface area contributed by atoms with Gasteiger partial charge in [-0.2, -0.15) is 0 Å². The van der Waals surface area contributed by atoms with Crippen LogP contribution in [0, 0.1) is 0 Å². The average molecular weight is 289 g/mol. The summed E-state index contributed by atoms with van der Waals surface area (Å²) in [7, 11) is 0. The van der Waals surface area contributed by atoms with Crippen LogP contribution in [0.15, 0.2) is 29.6 Å². The molecule has 0 radical (unpaired) electrons. The van der Waals surface area contributed by atoms with E-state index in [0.717, 1.165) is 17.1 Å². The molecule has 0 bridgehead atoms. The lowest BCUT2D eigenvalue weighted by Crippen LogP contribution is -2.12. The fraction of sp³-hybridized carbons (Fsp3) is 0.333. The lowest BCUT2D eigenvalue weighted by atomic mass is 10.1. The Morgan fingerprint density at radius 1 is 1.35 bits per heavy atom. The van der Waals surface area contributed by atoms with Crippen LogP contribution < -0.4 is 11.1 Å². The highest BCUT2D eigenvalue weighted by molar-refractivity contribution is 7.09. The molecule has 1 aromatic heterocycles. The van der Waals surface area contributed by atoms with Gasteiger partial charge in [-0.15, -0.1) is 11.3 Å². The highest BCUT2D eigenvalue weighted by atomic mass is 32.1. The van der Waals surface area contributed by atoms with E-state index in [9.17, 15) is 4.79 Å². The molecule has 0 aliphatic carbocycles. The molecule has 1 aromatic carbocycles. The second-order valence-corrected chi connectivity index (χ2v) is 5.53. The topological polar surface area (TPSA) is 68.0 Å². The van der Waals surface area contributed by atoms with Gasteiger partial charge in [-0.1, -0.05) is 25.5 Å². The van der Waals surface area contributed by atoms with Crippen molar-refractivity contribution in [3.05, 3.63) is 45.9 Å². The zero-order valence-corrected chi connectivity index (χ0v) is 12.4. The lowest BCUT2D eigenvalue weighted by molar-refractivity contribution is 0.102. The van der Waals surface area contributed by atoms with Gasteiger partial charge in [0.25, 0.3) is 5.91 Å². The van der Waals surface area contributed by atoms with E-state index in [1.807, 2.05) is 12.1 Å². The minimum absolute atomic E-state index is 0.192. The second kappa shape index (κ2) is 7.17. The fourth-order valence-corrected chi connectivity index (χ4v) is 2.49. The summed E-state index contributed by atoms with van der Waals surface area (Å²) in [5, 5.41) is 5.34. The number of carbonyl (C=O) groups excluding carboxylic acids is 1. The maximum absolute atomic E-state index is 12.0. The van der Waals surface area contributed by atoms with Gasteiger partial charge in [0.2, 0.25) is 0 Å². The minimum Gasteiger partial charge on any atom is -0.325 e. The predicted octanol–water partition coefficient (Wildman–Crippen LogP) is 3.20. The number of hydrogen-bond donors (Lipinski definition) is 2. The maximum atomic E-state index is 12.0. The Bertz CT molecular complexity index is 563. The van der Waals surface area contributed by atoms with Crippen molar-refractivity contribution in [1.29, 1.82) is 0 Å². The monoisotopic (exact) mass is 289 g/mol. The molecule has 0 spiro atoms. The van der Waals surface area contributed by atoms with E-state index in [2.05, 4.69) is 29.4 Å². The van der Waals surface area contributed by atoms with E-state index in [1.165, 1.54) is 29.7 Å². The number of benzene rings is 1. The van der Waals surface area contributed by atoms with Crippen molar-refractivity contribution in [3.63, 3.8) is 0 Å². The van der Waals surface area contributed by atoms with E-state index in [-0.39, 0.29) is 5.91 Å². The summed E-state index contributed by atoms with van der Waals surface area (Å²) in [6.45, 7) is 2.54. The van der Waals surface area contributed by atoms with Gasteiger partial charge >= 0.3 is 0 Å². The summed E-state index contributed by atoms with van der Waals surface area (Å²) >= 11 is 1.40. The largest absolute Gasteiger partial charge is 0.325 e. The van der Waals surface area contributed by atoms with Crippen LogP contribution in [-0.4, -0.2) is 10.9 Å². The van der Waals surface area contributed by atoms with Gasteiger partial charge in [0.15, 0.2) is 0 Å². The first-order valence-corrected chi connectivity index (χ1v) is 7.65. The number of rotatable bonds is 6. The van der Waals surface area contributed by atoms with E-state index < -0.39 is 0 Å². The van der Waals surface area contributed by atoms with Gasteiger partial charge in [0.05, 0.1) is 0 Å². The van der Waals surface area contributed by atoms with Crippen molar-refractivity contribution in [1.82, 2.24) is 4.98 Å². The Kier molecular flexibility index (Phi) is 5.26. The molecule has 20 heavy (non-hydrogen) atoms. The number of anilines is 1. The summed E-state index contributed by atoms with van der Waals surface area (Å²) < 4.78 is 0. The minimum atomic E-state index is -0.192. The van der Waals surface area contributed by atoms with Crippen molar-refractivity contribution >= 4 is 22.9 Å². The second-order valence-electron chi connectivity index (χ2n) is 4.59. The number of unbranched alkanes of at least 4 members (excludes halogenated alkanes) is 1. The van der Waals surface area contributed by atoms with Crippen LogP contribution in [0.3, 0.4) is 0 Å². The highest BCUT2D eigenvalue weighted by Gasteiger charge is 2.10. The number of aromatic nitrogens is 1. The zero-order chi connectivity index (χ0) is 14.4. The molecular formula is C15H19N3OS. The van der Waals surface area contributed by atoms with Crippen LogP contribution in [0.25, 0.3) is 0 Å². The van der Waals surface area contributed by atoms with Crippen molar-refractivity contribution < 1.29 is 4.79 Å². The van der Waals surface area contributed by atoms with Crippen LogP contribution in [-0.2, 0) is 13.0 Å². The van der Waals surface area contributed by atoms with Gasteiger partial charge in [-0.3, -0.25) is 4.79 Å². The predicted molar refractivity (Wildman–Crippen MR) is 83.0 cm³/mol. The van der Waals surface area contributed by atoms with E-state index in [1.54, 1.807) is 5.38 Å². The van der Waals surface area contributed by atoms with Crippen molar-refractivity contribution in [2.75, 3.05) is 5.32 Å². The number of hydrogen-bond acceptors (Lipinski definition) is 4. The van der Waals surface area contributed by atoms with Crippen molar-refractivity contribution in [2.24, 2.45) is 5.73 Å². The molecule has 4 nitrogen and oxygen atoms in total. The molecule has 1 amide bonds. The van der Waals surface area contributed by atoms with Gasteiger partial charge < -0.3 is 11.1 Å². The third-order valence-electron chi connectivity index (χ3n) is 2.99. The molecule has 0 saturated heterocycles. The number of thiazole rings is 1. The third kappa shape index (κ3) is 3.88. The summed E-state index contributed by atoms with van der Waals surface area (Å²) in [4.78, 5) is 16.2. The molecule has 106 valence electrons. The van der Waals surface area contributed by atoms with Gasteiger partial charge in [0, 0.05) is 17.6 Å². The molecule has 1 heterocycles. The highest BCUT2D eigenvalue weighted by Crippen LogP contribution is 2.14. The number of nitrogens with one attached hydrogen (secondary N) is 1. The Balaban J connectivity index is 1.97. The van der Waals surface area contributed by atoms with Crippen LogP contribution >= 0.6 is 11.3 Å². The molecule has 0 aliphatic heterocycles. The molecule has 0 fully saturated rings. The number of carbonyl (C=O) groups is 1. The first-order valence-electron chi connectivity index (χ1n) is 6.77. The summed E-state index contributed by atoms with van der Waals surface area (Å²) in [5.41, 5.74) is 8.00. The van der Waals surface area contributed by atoms with Crippen molar-refractivity contribution in [2.45, 2.75) is 32.7 Å². The number of nitrogens with two attached hydrogens (primary N) is 1. The molecule has 2 rings (SSSR count). The normalized spacial score (nSPS) is 10.5. The molecule has 0 atom stereocenters. The average Bonchev–Trinajstić information content (AvgIpc) is 2.95. The summed E-state index contributed by atoms with van der Waals surface area (Å²) in [6.07, 6.45) is 3.45. The first kappa shape index (κ1) is 14.7. The van der Waals surface area contributed by atoms with Gasteiger partial charge in [-0.05, 0) is 30.5 Å². The number of nitrogens with zero attached hydrogens (tertiary/aromatic N) is 1. The molecule has 0 unspecified atom stereocenters. The van der Waals surface area contributed by atoms with Gasteiger partial charge in [-0.25, -0.2) is 4.98 Å². The Morgan fingerprint density at radius 2 is 2.10 bits per heavy atom. The van der Waals surface area contributed by atoms with Crippen LogP contribution in [0.5, 0.6) is 0 Å². The van der Waals surface area contributed by atoms with Gasteiger partial charge in [0.1, 0.15) is 10.7 Å². The molecule has 3 N–H and O–H groups in total. The molecule has 0 aliphatic rings. The fourth-order valence-electron chi connectivity index (χ4n) is 1.84. The van der Waals surface area contributed by atoms with Crippen LogP contribution in [0.4, 0.5) is 5.69 Å². The Morgan fingerprint density at radius 3 is 2.70 bits per heavy atom. The summed E-state index contributed by atoms with van der Waals surface area (Å²) in [5.74, 6) is -0.192. The third-order valence-corrected chi connectivity index (χ3v) is 3.86. The smallest absolute Gasteiger partial charge is 0.275 e. The maximum Gasteiger partial charge on any atom is 0.275 e. The SMILES string of the molecule is CCCCc1ccc(NC(=O)c2csc(CN)n2)cc1. The van der Waals surface area contributed by atoms with Crippen LogP contribution in [0.2, 0.25) is 0 Å². The molecule has 2 aromatic rings. The van der Waals surface area contributed by atoms with E-state index >= 15 is 0 Å². The number of amides is 1. The van der Waals surface area contributed by atoms with E-state index in [0.29, 0.717) is 12.2 Å². The summed E-state index contributed by atoms with van der Waals surface area (Å²) in [6, 6.07) is 7.97. The molecule has 5 heteroatoms. The molecular weight excluding hydrogens is 270 g/mol. The van der Waals surface area contributed by atoms with E-state index in [4.69, 9.17) is 5.73 Å². The van der Waals surface area contributed by atoms with Crippen LogP contribution in [0.1, 0.15) is 40.8 Å². The molecule has 0 saturated carbocycles. The lowest BCUT2D eigenvalue weighted by Gasteiger charge is -2.05. The quantitative estimate of drug-likeness (QED) is 0.858. The first-order chi connectivity index (χ1) is 9.72. The number of aryl methyl sites for hydroxylation is 1. The van der Waals surface area contributed by atoms with Crippen molar-refractivity contribution in [3.8, 4) is 0 Å². The zero-order valence-electron chi connectivity index (χ0n) is 11.6.